The maximum Gasteiger partial charge on any atom is 0.573 e. The molecule has 1 N–H and O–H groups in total. The number of halogens is 6. The van der Waals surface area contributed by atoms with Crippen LogP contribution in [0.25, 0.3) is 0 Å². The molecule has 0 aliphatic rings. The molecule has 0 aromatic heterocycles. The molecule has 0 bridgehead atoms. The summed E-state index contributed by atoms with van der Waals surface area (Å²) in [7, 11) is -5.58. The number of alkyl halides is 6. The molecule has 0 saturated heterocycles. The van der Waals surface area contributed by atoms with Crippen LogP contribution in [0, 0.1) is 0 Å². The van der Waals surface area contributed by atoms with E-state index in [-0.39, 0.29) is 16.2 Å². The van der Waals surface area contributed by atoms with E-state index < -0.39 is 43.9 Å². The Morgan fingerprint density at radius 2 is 1.69 bits per heavy atom. The Labute approximate surface area is 164 Å². The Morgan fingerprint density at radius 1 is 1.03 bits per heavy atom. The molecule has 5 nitrogen and oxygen atoms in total. The first-order chi connectivity index (χ1) is 13.2. The van der Waals surface area contributed by atoms with E-state index in [0.717, 1.165) is 30.3 Å². The largest absolute Gasteiger partial charge is 0.573 e. The smallest absolute Gasteiger partial charge is 0.478 e. The molecule has 0 fully saturated rings. The van der Waals surface area contributed by atoms with E-state index in [4.69, 9.17) is 5.11 Å². The van der Waals surface area contributed by atoms with Crippen molar-refractivity contribution in [2.45, 2.75) is 27.4 Å². The van der Waals surface area contributed by atoms with Crippen LogP contribution >= 0.6 is 11.8 Å². The zero-order valence-corrected chi connectivity index (χ0v) is 15.5. The maximum atomic E-state index is 12.7. The monoisotopic (exact) mass is 460 g/mol. The molecule has 2 aromatic rings. The van der Waals surface area contributed by atoms with Crippen molar-refractivity contribution in [1.82, 2.24) is 0 Å². The number of hydrogen-bond donors (Lipinski definition) is 1. The van der Waals surface area contributed by atoms with E-state index in [9.17, 15) is 39.6 Å². The van der Waals surface area contributed by atoms with Crippen molar-refractivity contribution in [2.24, 2.45) is 0 Å². The van der Waals surface area contributed by atoms with Crippen molar-refractivity contribution in [2.75, 3.05) is 0 Å². The molecule has 2 rings (SSSR count). The highest BCUT2D eigenvalue weighted by molar-refractivity contribution is 7.98. The van der Waals surface area contributed by atoms with Crippen LogP contribution < -0.4 is 4.74 Å². The Morgan fingerprint density at radius 3 is 2.24 bits per heavy atom. The third-order valence-corrected chi connectivity index (χ3v) is 5.93. The van der Waals surface area contributed by atoms with E-state index in [1.165, 1.54) is 6.07 Å². The summed E-state index contributed by atoms with van der Waals surface area (Å²) in [6.07, 6.45) is -5.10. The van der Waals surface area contributed by atoms with E-state index >= 15 is 0 Å². The quantitative estimate of drug-likeness (QED) is 0.490. The number of thioether (sulfide) groups is 1. The summed E-state index contributed by atoms with van der Waals surface area (Å²) < 4.78 is 102. The lowest BCUT2D eigenvalue weighted by Gasteiger charge is -2.14. The molecule has 13 heteroatoms. The average Bonchev–Trinajstić information content (AvgIpc) is 2.58. The first kappa shape index (κ1) is 22.9. The minimum Gasteiger partial charge on any atom is -0.478 e. The molecule has 0 aliphatic heterocycles. The lowest BCUT2D eigenvalue weighted by Crippen LogP contribution is -2.23. The Hall–Kier alpha value is -2.41. The van der Waals surface area contributed by atoms with Crippen LogP contribution in [0.4, 0.5) is 26.3 Å². The summed E-state index contributed by atoms with van der Waals surface area (Å²) in [5.74, 6) is -2.50. The van der Waals surface area contributed by atoms with Gasteiger partial charge in [0.2, 0.25) is 0 Å². The van der Waals surface area contributed by atoms with Gasteiger partial charge in [-0.15, -0.1) is 24.9 Å². The number of carboxylic acid groups (broad SMARTS) is 1. The van der Waals surface area contributed by atoms with Gasteiger partial charge in [-0.05, 0) is 35.9 Å². The molecule has 0 saturated carbocycles. The summed E-state index contributed by atoms with van der Waals surface area (Å²) in [5, 5.41) is 8.89. The lowest BCUT2D eigenvalue weighted by atomic mass is 10.2. The van der Waals surface area contributed by atoms with E-state index in [0.29, 0.717) is 17.8 Å². The fourth-order valence-electron chi connectivity index (χ4n) is 2.06. The first-order valence-corrected chi connectivity index (χ1v) is 9.84. The van der Waals surface area contributed by atoms with Crippen LogP contribution in [0.5, 0.6) is 5.75 Å². The number of sulfone groups is 1. The highest BCUT2D eigenvalue weighted by Crippen LogP contribution is 2.37. The van der Waals surface area contributed by atoms with Gasteiger partial charge in [0.25, 0.3) is 9.84 Å². The van der Waals surface area contributed by atoms with Gasteiger partial charge < -0.3 is 9.84 Å². The van der Waals surface area contributed by atoms with Gasteiger partial charge in [0.05, 0.1) is 15.4 Å². The average molecular weight is 460 g/mol. The number of carbonyl (C=O) groups is 1. The summed E-state index contributed by atoms with van der Waals surface area (Å²) in [5.41, 5.74) is -5.88. The molecule has 0 radical (unpaired) electrons. The Bertz CT molecular complexity index is 1020. The molecular weight excluding hydrogens is 450 g/mol. The number of ether oxygens (including phenoxy) is 1. The van der Waals surface area contributed by atoms with E-state index in [1.807, 2.05) is 0 Å². The van der Waals surface area contributed by atoms with Crippen LogP contribution in [-0.2, 0) is 15.6 Å². The Kier molecular flexibility index (Phi) is 6.42. The molecule has 0 atom stereocenters. The van der Waals surface area contributed by atoms with Crippen molar-refractivity contribution in [3.63, 3.8) is 0 Å². The number of rotatable bonds is 6. The minimum atomic E-state index is -5.58. The van der Waals surface area contributed by atoms with E-state index in [1.54, 1.807) is 0 Å². The van der Waals surface area contributed by atoms with Crippen molar-refractivity contribution < 1.29 is 49.4 Å². The molecule has 2 aromatic carbocycles. The maximum absolute atomic E-state index is 12.7. The van der Waals surface area contributed by atoms with Gasteiger partial charge in [0.1, 0.15) is 5.75 Å². The number of carboxylic acids is 1. The summed E-state index contributed by atoms with van der Waals surface area (Å²) >= 11 is 0.694. The van der Waals surface area contributed by atoms with Crippen molar-refractivity contribution in [3.8, 4) is 5.75 Å². The van der Waals surface area contributed by atoms with Gasteiger partial charge >= 0.3 is 17.8 Å². The number of aromatic carboxylic acids is 1. The third-order valence-electron chi connectivity index (χ3n) is 3.32. The molecule has 29 heavy (non-hydrogen) atoms. The molecular formula is C16H10F6O5S2. The molecule has 0 heterocycles. The van der Waals surface area contributed by atoms with Crippen molar-refractivity contribution >= 4 is 27.6 Å². The fourth-order valence-corrected chi connectivity index (χ4v) is 3.80. The van der Waals surface area contributed by atoms with Crippen LogP contribution in [0.15, 0.2) is 52.3 Å². The normalized spacial score (nSPS) is 12.6. The highest BCUT2D eigenvalue weighted by atomic mass is 32.2. The SMILES string of the molecule is O=C(O)c1ccc(SCc2cccc(S(=O)(=O)C(F)(F)F)c2)c(OC(F)(F)F)c1. The molecule has 0 unspecified atom stereocenters. The van der Waals surface area contributed by atoms with Crippen LogP contribution in [0.2, 0.25) is 0 Å². The van der Waals surface area contributed by atoms with Crippen molar-refractivity contribution in [3.05, 3.63) is 53.6 Å². The zero-order chi connectivity index (χ0) is 22.0. The number of hydrogen-bond acceptors (Lipinski definition) is 5. The van der Waals surface area contributed by atoms with Crippen molar-refractivity contribution in [1.29, 1.82) is 0 Å². The zero-order valence-electron chi connectivity index (χ0n) is 13.9. The number of benzene rings is 2. The van der Waals surface area contributed by atoms with Crippen LogP contribution in [0.1, 0.15) is 15.9 Å². The summed E-state index contributed by atoms with van der Waals surface area (Å²) in [6, 6.07) is 6.59. The van der Waals surface area contributed by atoms with Gasteiger partial charge in [0, 0.05) is 5.75 Å². The van der Waals surface area contributed by atoms with Crippen LogP contribution in [0.3, 0.4) is 0 Å². The highest BCUT2D eigenvalue weighted by Gasteiger charge is 2.46. The Balaban J connectivity index is 2.30. The van der Waals surface area contributed by atoms with E-state index in [2.05, 4.69) is 4.74 Å². The predicted molar refractivity (Wildman–Crippen MR) is 89.3 cm³/mol. The predicted octanol–water partition coefficient (Wildman–Crippen LogP) is 4.87. The second-order valence-corrected chi connectivity index (χ2v) is 8.36. The van der Waals surface area contributed by atoms with Gasteiger partial charge in [0.15, 0.2) is 0 Å². The van der Waals surface area contributed by atoms with Gasteiger partial charge in [-0.3, -0.25) is 0 Å². The minimum absolute atomic E-state index is 0.0839. The van der Waals surface area contributed by atoms with Gasteiger partial charge in [-0.1, -0.05) is 12.1 Å². The third kappa shape index (κ3) is 5.79. The first-order valence-electron chi connectivity index (χ1n) is 7.37. The molecule has 158 valence electrons. The topological polar surface area (TPSA) is 80.7 Å². The van der Waals surface area contributed by atoms with Gasteiger partial charge in [-0.2, -0.15) is 13.2 Å². The molecule has 0 aliphatic carbocycles. The molecule has 0 spiro atoms. The second kappa shape index (κ2) is 8.14. The van der Waals surface area contributed by atoms with Gasteiger partial charge in [-0.25, -0.2) is 13.2 Å². The fraction of sp³-hybridized carbons (Fsp3) is 0.188. The molecule has 0 amide bonds. The standard InChI is InChI=1S/C16H10F6O5S2/c17-15(18,19)27-12-7-10(14(23)24)4-5-13(12)28-8-9-2-1-3-11(6-9)29(25,26)16(20,21)22/h1-7H,8H2,(H,23,24). The summed E-state index contributed by atoms with van der Waals surface area (Å²) in [4.78, 5) is 9.78. The van der Waals surface area contributed by atoms with Crippen LogP contribution in [-0.4, -0.2) is 31.4 Å². The lowest BCUT2D eigenvalue weighted by molar-refractivity contribution is -0.275. The summed E-state index contributed by atoms with van der Waals surface area (Å²) in [6.45, 7) is 0. The second-order valence-electron chi connectivity index (χ2n) is 5.40.